The van der Waals surface area contributed by atoms with Gasteiger partial charge in [0, 0.05) is 6.20 Å². The van der Waals surface area contributed by atoms with Crippen molar-refractivity contribution >= 4 is 23.3 Å². The van der Waals surface area contributed by atoms with Crippen molar-refractivity contribution in [3.63, 3.8) is 0 Å². The smallest absolute Gasteiger partial charge is 0.441 e. The number of halogens is 3. The third kappa shape index (κ3) is 2.50. The third-order valence-electron chi connectivity index (χ3n) is 1.94. The maximum atomic E-state index is 12.7. The Balaban J connectivity index is 3.15. The zero-order valence-electron chi connectivity index (χ0n) is 8.59. The number of thiocarbonyl (C=S) groups is 1. The molecule has 0 saturated heterocycles. The molecule has 0 aromatic carbocycles. The van der Waals surface area contributed by atoms with E-state index in [0.717, 1.165) is 0 Å². The van der Waals surface area contributed by atoms with Crippen LogP contribution in [-0.2, 0) is 9.53 Å². The lowest BCUT2D eigenvalue weighted by molar-refractivity contribution is -0.252. The quantitative estimate of drug-likeness (QED) is 0.490. The minimum absolute atomic E-state index is 0.117. The minimum Gasteiger partial charge on any atom is -0.462 e. The maximum Gasteiger partial charge on any atom is 0.441 e. The Hall–Kier alpha value is -1.35. The third-order valence-corrected chi connectivity index (χ3v) is 2.16. The molecule has 0 bridgehead atoms. The zero-order chi connectivity index (χ0) is 13.3. The van der Waals surface area contributed by atoms with Crippen molar-refractivity contribution in [3.05, 3.63) is 11.8 Å². The molecule has 1 heterocycles. The van der Waals surface area contributed by atoms with Crippen LogP contribution >= 0.6 is 12.2 Å². The molecule has 1 rings (SSSR count). The van der Waals surface area contributed by atoms with Gasteiger partial charge in [0.25, 0.3) is 5.72 Å². The fraction of sp³-hybridized carbons (Fsp3) is 0.500. The van der Waals surface area contributed by atoms with Crippen LogP contribution in [0.3, 0.4) is 0 Å². The second kappa shape index (κ2) is 4.49. The number of rotatable bonds is 2. The first-order valence-electron chi connectivity index (χ1n) is 4.48. The summed E-state index contributed by atoms with van der Waals surface area (Å²) in [6.45, 7) is 1.31. The Kier molecular flexibility index (Phi) is 3.62. The van der Waals surface area contributed by atoms with Gasteiger partial charge in [-0.3, -0.25) is 0 Å². The lowest BCUT2D eigenvalue weighted by Crippen LogP contribution is -2.65. The van der Waals surface area contributed by atoms with Gasteiger partial charge in [-0.1, -0.05) is 0 Å². The highest BCUT2D eigenvalue weighted by atomic mass is 32.1. The molecule has 0 spiro atoms. The topological polar surface area (TPSA) is 70.6 Å². The van der Waals surface area contributed by atoms with E-state index >= 15 is 0 Å². The molecule has 0 radical (unpaired) electrons. The first-order chi connectivity index (χ1) is 7.72. The molecule has 3 N–H and O–H groups in total. The van der Waals surface area contributed by atoms with Crippen LogP contribution in [0.5, 0.6) is 0 Å². The van der Waals surface area contributed by atoms with Crippen molar-refractivity contribution in [2.75, 3.05) is 6.61 Å². The zero-order valence-corrected chi connectivity index (χ0v) is 9.41. The van der Waals surface area contributed by atoms with Crippen LogP contribution in [0.2, 0.25) is 0 Å². The van der Waals surface area contributed by atoms with Crippen LogP contribution in [0.1, 0.15) is 6.92 Å². The molecule has 0 amide bonds. The fourth-order valence-corrected chi connectivity index (χ4v) is 1.36. The largest absolute Gasteiger partial charge is 0.462 e. The number of alkyl halides is 3. The van der Waals surface area contributed by atoms with Crippen molar-refractivity contribution in [3.8, 4) is 0 Å². The Morgan fingerprint density at radius 3 is 2.71 bits per heavy atom. The van der Waals surface area contributed by atoms with Crippen LogP contribution in [0.25, 0.3) is 0 Å². The van der Waals surface area contributed by atoms with Gasteiger partial charge in [0.1, 0.15) is 5.57 Å². The summed E-state index contributed by atoms with van der Waals surface area (Å²) in [7, 11) is 0. The molecular formula is C8H9F3N2O3S. The van der Waals surface area contributed by atoms with E-state index in [1.54, 1.807) is 5.32 Å². The second-order valence-electron chi connectivity index (χ2n) is 3.09. The summed E-state index contributed by atoms with van der Waals surface area (Å²) in [5.74, 6) is -1.28. The Morgan fingerprint density at radius 2 is 2.24 bits per heavy atom. The normalized spacial score (nSPS) is 24.5. The van der Waals surface area contributed by atoms with Crippen molar-refractivity contribution in [1.82, 2.24) is 10.6 Å². The summed E-state index contributed by atoms with van der Waals surface area (Å²) >= 11 is 4.45. The number of esters is 1. The second-order valence-corrected chi connectivity index (χ2v) is 3.49. The molecule has 96 valence electrons. The molecule has 17 heavy (non-hydrogen) atoms. The number of nitrogens with one attached hydrogen (secondary N) is 2. The first kappa shape index (κ1) is 13.7. The monoisotopic (exact) mass is 270 g/mol. The van der Waals surface area contributed by atoms with Crippen molar-refractivity contribution < 1.29 is 27.8 Å². The molecule has 0 fully saturated rings. The Bertz CT molecular complexity index is 383. The van der Waals surface area contributed by atoms with E-state index in [2.05, 4.69) is 22.3 Å². The van der Waals surface area contributed by atoms with E-state index < -0.39 is 28.6 Å². The molecule has 0 saturated carbocycles. The summed E-state index contributed by atoms with van der Waals surface area (Å²) in [5.41, 5.74) is -4.54. The summed E-state index contributed by atoms with van der Waals surface area (Å²) < 4.78 is 42.5. The molecule has 0 aromatic rings. The number of hydrogen-bond acceptors (Lipinski definition) is 4. The van der Waals surface area contributed by atoms with Gasteiger partial charge < -0.3 is 20.5 Å². The van der Waals surface area contributed by atoms with Crippen LogP contribution in [-0.4, -0.2) is 34.7 Å². The van der Waals surface area contributed by atoms with Crippen LogP contribution < -0.4 is 10.6 Å². The summed E-state index contributed by atoms with van der Waals surface area (Å²) in [4.78, 5) is 11.3. The molecule has 0 unspecified atom stereocenters. The number of carbonyl (C=O) groups is 1. The molecule has 0 aromatic heterocycles. The number of ether oxygens (including phenoxy) is 1. The molecule has 5 nitrogen and oxygen atoms in total. The molecule has 1 atom stereocenters. The van der Waals surface area contributed by atoms with Gasteiger partial charge in [-0.2, -0.15) is 13.2 Å². The highest BCUT2D eigenvalue weighted by Crippen LogP contribution is 2.35. The van der Waals surface area contributed by atoms with E-state index in [4.69, 9.17) is 0 Å². The van der Waals surface area contributed by atoms with Gasteiger partial charge >= 0.3 is 12.1 Å². The van der Waals surface area contributed by atoms with Gasteiger partial charge in [0.2, 0.25) is 0 Å². The van der Waals surface area contributed by atoms with E-state index in [9.17, 15) is 23.1 Å². The Morgan fingerprint density at radius 1 is 1.65 bits per heavy atom. The molecule has 0 aliphatic carbocycles. The first-order valence-corrected chi connectivity index (χ1v) is 4.88. The highest BCUT2D eigenvalue weighted by Gasteiger charge is 2.60. The number of hydrogen-bond donors (Lipinski definition) is 3. The molecular weight excluding hydrogens is 261 g/mol. The van der Waals surface area contributed by atoms with E-state index in [1.807, 2.05) is 0 Å². The average Bonchev–Trinajstić information content (AvgIpc) is 2.15. The lowest BCUT2D eigenvalue weighted by atomic mass is 10.0. The number of aliphatic hydroxyl groups is 1. The van der Waals surface area contributed by atoms with E-state index in [0.29, 0.717) is 6.20 Å². The van der Waals surface area contributed by atoms with Crippen LogP contribution in [0, 0.1) is 0 Å². The summed E-state index contributed by atoms with van der Waals surface area (Å²) in [6.07, 6.45) is -4.44. The highest BCUT2D eigenvalue weighted by molar-refractivity contribution is 7.80. The van der Waals surface area contributed by atoms with Gasteiger partial charge in [0.15, 0.2) is 5.11 Å². The van der Waals surface area contributed by atoms with Gasteiger partial charge in [0.05, 0.1) is 6.61 Å². The lowest BCUT2D eigenvalue weighted by Gasteiger charge is -2.35. The summed E-state index contributed by atoms with van der Waals surface area (Å²) in [5, 5.41) is 12.9. The SMILES string of the molecule is CCOC(=O)C1=CNC(=S)N[C@@]1(O)C(F)(F)F. The van der Waals surface area contributed by atoms with Crippen molar-refractivity contribution in [2.24, 2.45) is 0 Å². The maximum absolute atomic E-state index is 12.7. The fourth-order valence-electron chi connectivity index (χ4n) is 1.15. The van der Waals surface area contributed by atoms with Gasteiger partial charge in [-0.05, 0) is 19.1 Å². The molecule has 1 aliphatic rings. The van der Waals surface area contributed by atoms with Crippen molar-refractivity contribution in [1.29, 1.82) is 0 Å². The molecule has 1 aliphatic heterocycles. The van der Waals surface area contributed by atoms with E-state index in [-0.39, 0.29) is 6.61 Å². The standard InChI is InChI=1S/C8H9F3N2O3S/c1-2-16-5(14)4-3-12-6(17)13-7(4,15)8(9,10)11/h3,15H,2H2,1H3,(H2,12,13,17)/t7-/m0/s1. The molecule has 9 heteroatoms. The minimum atomic E-state index is -5.11. The predicted octanol–water partition coefficient (Wildman–Crippen LogP) is 0.162. The number of carbonyl (C=O) groups excluding carboxylic acids is 1. The van der Waals surface area contributed by atoms with E-state index in [1.165, 1.54) is 6.92 Å². The Labute approximate surface area is 99.6 Å². The van der Waals surface area contributed by atoms with Gasteiger partial charge in [-0.15, -0.1) is 0 Å². The van der Waals surface area contributed by atoms with Crippen LogP contribution in [0.15, 0.2) is 11.8 Å². The van der Waals surface area contributed by atoms with Gasteiger partial charge in [-0.25, -0.2) is 4.79 Å². The van der Waals surface area contributed by atoms with Crippen LogP contribution in [0.4, 0.5) is 13.2 Å². The van der Waals surface area contributed by atoms with Crippen molar-refractivity contribution in [2.45, 2.75) is 18.8 Å². The average molecular weight is 270 g/mol. The summed E-state index contributed by atoms with van der Waals surface area (Å²) in [6, 6.07) is 0. The predicted molar refractivity (Wildman–Crippen MR) is 54.6 cm³/mol.